The summed E-state index contributed by atoms with van der Waals surface area (Å²) in [5.74, 6) is 0.973. The molecule has 112 valence electrons. The lowest BCUT2D eigenvalue weighted by atomic mass is 10.0. The first-order chi connectivity index (χ1) is 10.2. The third-order valence-electron chi connectivity index (χ3n) is 4.11. The van der Waals surface area contributed by atoms with E-state index >= 15 is 0 Å². The Hall–Kier alpha value is -2.01. The van der Waals surface area contributed by atoms with Gasteiger partial charge in [0.05, 0.1) is 19.8 Å². The quantitative estimate of drug-likeness (QED) is 0.868. The highest BCUT2D eigenvalue weighted by molar-refractivity contribution is 6.00. The smallest absolute Gasteiger partial charge is 0.290 e. The van der Waals surface area contributed by atoms with Crippen molar-refractivity contribution in [1.29, 1.82) is 0 Å². The lowest BCUT2D eigenvalue weighted by Crippen LogP contribution is -2.53. The predicted molar refractivity (Wildman–Crippen MR) is 78.8 cm³/mol. The summed E-state index contributed by atoms with van der Waals surface area (Å²) in [6.45, 7) is 3.22. The van der Waals surface area contributed by atoms with Gasteiger partial charge in [-0.15, -0.1) is 0 Å². The van der Waals surface area contributed by atoms with Crippen molar-refractivity contribution >= 4 is 16.9 Å². The Morgan fingerprint density at radius 3 is 2.86 bits per heavy atom. The second-order valence-electron chi connectivity index (χ2n) is 5.29. The maximum atomic E-state index is 12.6. The first-order valence-electron chi connectivity index (χ1n) is 7.03. The van der Waals surface area contributed by atoms with Gasteiger partial charge in [0.15, 0.2) is 17.1 Å². The Balaban J connectivity index is 1.97. The molecule has 1 aromatic carbocycles. The number of likely N-dealkylation sites (tertiary alicyclic amines) is 1. The van der Waals surface area contributed by atoms with Crippen LogP contribution in [0.3, 0.4) is 0 Å². The summed E-state index contributed by atoms with van der Waals surface area (Å²) in [6.07, 6.45) is 0.974. The second-order valence-corrected chi connectivity index (χ2v) is 5.29. The minimum absolute atomic E-state index is 0.0703. The molecule has 21 heavy (non-hydrogen) atoms. The minimum atomic E-state index is -0.0703. The Morgan fingerprint density at radius 2 is 2.24 bits per heavy atom. The van der Waals surface area contributed by atoms with Crippen LogP contribution in [0, 0.1) is 6.92 Å². The van der Waals surface area contributed by atoms with Gasteiger partial charge in [-0.25, -0.2) is 0 Å². The van der Waals surface area contributed by atoms with Crippen molar-refractivity contribution in [1.82, 2.24) is 4.90 Å². The fourth-order valence-corrected chi connectivity index (χ4v) is 2.79. The minimum Gasteiger partial charge on any atom is -0.493 e. The number of hydrogen-bond acceptors (Lipinski definition) is 4. The van der Waals surface area contributed by atoms with Gasteiger partial charge in [0.2, 0.25) is 0 Å². The van der Waals surface area contributed by atoms with Gasteiger partial charge < -0.3 is 18.8 Å². The lowest BCUT2D eigenvalue weighted by molar-refractivity contribution is 0.0178. The fraction of sp³-hybridized carbons (Fsp3) is 0.438. The Bertz CT molecular complexity index is 676. The molecule has 1 saturated heterocycles. The van der Waals surface area contributed by atoms with Gasteiger partial charge in [-0.3, -0.25) is 4.79 Å². The van der Waals surface area contributed by atoms with Gasteiger partial charge in [0, 0.05) is 24.6 Å². The van der Waals surface area contributed by atoms with E-state index < -0.39 is 0 Å². The van der Waals surface area contributed by atoms with Crippen LogP contribution in [0.5, 0.6) is 5.75 Å². The van der Waals surface area contributed by atoms with Crippen LogP contribution in [-0.4, -0.2) is 44.2 Å². The molecule has 2 heterocycles. The maximum absolute atomic E-state index is 12.6. The van der Waals surface area contributed by atoms with Gasteiger partial charge in [0.25, 0.3) is 5.91 Å². The Labute approximate surface area is 123 Å². The highest BCUT2D eigenvalue weighted by Gasteiger charge is 2.35. The van der Waals surface area contributed by atoms with E-state index in [0.29, 0.717) is 23.7 Å². The summed E-state index contributed by atoms with van der Waals surface area (Å²) in [6, 6.07) is 5.82. The summed E-state index contributed by atoms with van der Waals surface area (Å²) in [7, 11) is 3.25. The van der Waals surface area contributed by atoms with Gasteiger partial charge in [-0.05, 0) is 19.4 Å². The van der Waals surface area contributed by atoms with Crippen molar-refractivity contribution < 1.29 is 18.7 Å². The van der Waals surface area contributed by atoms with E-state index in [4.69, 9.17) is 13.9 Å². The molecule has 0 saturated carbocycles. The monoisotopic (exact) mass is 289 g/mol. The standard InChI is InChI=1S/C16H19NO4/c1-10-12-5-4-6-13(20-3)15(12)21-14(10)16(18)17-8-7-11(17)9-19-2/h4-6,11H,7-9H2,1-3H3. The van der Waals surface area contributed by atoms with Crippen LogP contribution in [0.1, 0.15) is 22.5 Å². The zero-order valence-corrected chi connectivity index (χ0v) is 12.5. The molecular formula is C16H19NO4. The van der Waals surface area contributed by atoms with Crippen LogP contribution >= 0.6 is 0 Å². The van der Waals surface area contributed by atoms with Gasteiger partial charge >= 0.3 is 0 Å². The topological polar surface area (TPSA) is 51.9 Å². The number of ether oxygens (including phenoxy) is 2. The fourth-order valence-electron chi connectivity index (χ4n) is 2.79. The van der Waals surface area contributed by atoms with Crippen molar-refractivity contribution in [2.24, 2.45) is 0 Å². The molecule has 0 N–H and O–H groups in total. The van der Waals surface area contributed by atoms with E-state index in [1.807, 2.05) is 25.1 Å². The molecule has 1 fully saturated rings. The number of rotatable bonds is 4. The van der Waals surface area contributed by atoms with Gasteiger partial charge in [-0.1, -0.05) is 12.1 Å². The van der Waals surface area contributed by atoms with E-state index in [-0.39, 0.29) is 11.9 Å². The summed E-state index contributed by atoms with van der Waals surface area (Å²) < 4.78 is 16.2. The number of fused-ring (bicyclic) bond motifs is 1. The third kappa shape index (κ3) is 2.17. The molecule has 3 rings (SSSR count). The van der Waals surface area contributed by atoms with Crippen molar-refractivity contribution in [2.75, 3.05) is 27.4 Å². The van der Waals surface area contributed by atoms with Crippen LogP contribution in [0.25, 0.3) is 11.0 Å². The molecular weight excluding hydrogens is 270 g/mol. The van der Waals surface area contributed by atoms with Crippen LogP contribution in [0.4, 0.5) is 0 Å². The zero-order valence-electron chi connectivity index (χ0n) is 12.5. The molecule has 1 amide bonds. The van der Waals surface area contributed by atoms with E-state index in [9.17, 15) is 4.79 Å². The highest BCUT2D eigenvalue weighted by atomic mass is 16.5. The van der Waals surface area contributed by atoms with E-state index in [1.54, 1.807) is 19.1 Å². The number of hydrogen-bond donors (Lipinski definition) is 0. The number of nitrogens with zero attached hydrogens (tertiary/aromatic N) is 1. The zero-order chi connectivity index (χ0) is 15.0. The van der Waals surface area contributed by atoms with Crippen molar-refractivity contribution in [3.63, 3.8) is 0 Å². The Morgan fingerprint density at radius 1 is 1.43 bits per heavy atom. The van der Waals surface area contributed by atoms with E-state index in [2.05, 4.69) is 0 Å². The van der Waals surface area contributed by atoms with Crippen molar-refractivity contribution in [3.8, 4) is 5.75 Å². The lowest BCUT2D eigenvalue weighted by Gasteiger charge is -2.40. The van der Waals surface area contributed by atoms with Crippen LogP contribution in [0.2, 0.25) is 0 Å². The molecule has 1 aliphatic heterocycles. The number of benzene rings is 1. The van der Waals surface area contributed by atoms with Gasteiger partial charge in [-0.2, -0.15) is 0 Å². The number of carbonyl (C=O) groups is 1. The van der Waals surface area contributed by atoms with Crippen LogP contribution < -0.4 is 4.74 Å². The van der Waals surface area contributed by atoms with Gasteiger partial charge in [0.1, 0.15) is 0 Å². The summed E-state index contributed by atoms with van der Waals surface area (Å²) in [4.78, 5) is 14.4. The van der Waals surface area contributed by atoms with E-state index in [0.717, 1.165) is 23.9 Å². The van der Waals surface area contributed by atoms with Crippen molar-refractivity contribution in [2.45, 2.75) is 19.4 Å². The van der Waals surface area contributed by atoms with Crippen LogP contribution in [0.15, 0.2) is 22.6 Å². The van der Waals surface area contributed by atoms with Crippen LogP contribution in [-0.2, 0) is 4.74 Å². The molecule has 0 bridgehead atoms. The molecule has 0 radical (unpaired) electrons. The molecule has 0 spiro atoms. The predicted octanol–water partition coefficient (Wildman–Crippen LogP) is 2.61. The third-order valence-corrected chi connectivity index (χ3v) is 4.11. The summed E-state index contributed by atoms with van der Waals surface area (Å²) in [5.41, 5.74) is 1.49. The van der Waals surface area contributed by atoms with Crippen molar-refractivity contribution in [3.05, 3.63) is 29.5 Å². The maximum Gasteiger partial charge on any atom is 0.290 e. The summed E-state index contributed by atoms with van der Waals surface area (Å²) in [5, 5.41) is 0.918. The first kappa shape index (κ1) is 13.9. The number of aryl methyl sites for hydroxylation is 1. The molecule has 1 atom stereocenters. The SMILES string of the molecule is COCC1CCN1C(=O)c1oc2c(OC)cccc2c1C. The number of furan rings is 1. The number of para-hydroxylation sites is 1. The number of carbonyl (C=O) groups excluding carboxylic acids is 1. The average molecular weight is 289 g/mol. The molecule has 0 aliphatic carbocycles. The molecule has 5 heteroatoms. The largest absolute Gasteiger partial charge is 0.493 e. The number of methoxy groups -OCH3 is 2. The molecule has 1 aliphatic rings. The highest BCUT2D eigenvalue weighted by Crippen LogP contribution is 2.34. The number of amides is 1. The summed E-state index contributed by atoms with van der Waals surface area (Å²) >= 11 is 0. The normalized spacial score (nSPS) is 17.9. The molecule has 1 aromatic heterocycles. The molecule has 5 nitrogen and oxygen atoms in total. The van der Waals surface area contributed by atoms with E-state index in [1.165, 1.54) is 0 Å². The Kier molecular flexibility index (Phi) is 3.59. The molecule has 1 unspecified atom stereocenters. The average Bonchev–Trinajstić information content (AvgIpc) is 2.81. The molecule has 2 aromatic rings. The first-order valence-corrected chi connectivity index (χ1v) is 7.03. The second kappa shape index (κ2) is 5.41.